The predicted octanol–water partition coefficient (Wildman–Crippen LogP) is 15.0. The van der Waals surface area contributed by atoms with E-state index in [9.17, 15) is 61.0 Å². The molecule has 3 aliphatic rings. The van der Waals surface area contributed by atoms with E-state index in [4.69, 9.17) is 28.4 Å². The maximum Gasteiger partial charge on any atom is 0.220 e. The summed E-state index contributed by atoms with van der Waals surface area (Å²) in [5, 5.41) is 121. The summed E-state index contributed by atoms with van der Waals surface area (Å²) >= 11 is 0. The molecule has 3 saturated heterocycles. The van der Waals surface area contributed by atoms with Gasteiger partial charge in [-0.15, -0.1) is 0 Å². The number of allylic oxidation sites excluding steroid dienone is 9. The van der Waals surface area contributed by atoms with Crippen LogP contribution >= 0.6 is 0 Å². The van der Waals surface area contributed by atoms with Crippen LogP contribution in [0.4, 0.5) is 0 Å². The maximum absolute atomic E-state index is 13.5. The van der Waals surface area contributed by atoms with E-state index in [1.54, 1.807) is 6.08 Å². The molecule has 3 rings (SSSR count). The topological polar surface area (TPSA) is 307 Å². The highest BCUT2D eigenvalue weighted by Gasteiger charge is 2.54. The van der Waals surface area contributed by atoms with Crippen molar-refractivity contribution in [3.8, 4) is 0 Å². The number of nitrogens with one attached hydrogen (secondary N) is 1. The zero-order valence-corrected chi connectivity index (χ0v) is 65.3. The van der Waals surface area contributed by atoms with Crippen molar-refractivity contribution < 1.29 is 89.4 Å². The van der Waals surface area contributed by atoms with E-state index in [2.05, 4.69) is 67.8 Å². The molecule has 0 saturated carbocycles. The van der Waals surface area contributed by atoms with Crippen molar-refractivity contribution in [1.29, 1.82) is 0 Å². The molecule has 0 aromatic carbocycles. The van der Waals surface area contributed by atoms with Gasteiger partial charge in [-0.2, -0.15) is 0 Å². The minimum Gasteiger partial charge on any atom is -0.394 e. The summed E-state index contributed by atoms with van der Waals surface area (Å²) in [6.45, 7) is 1.75. The van der Waals surface area contributed by atoms with E-state index in [-0.39, 0.29) is 18.9 Å². The molecule has 0 bridgehead atoms. The van der Waals surface area contributed by atoms with Gasteiger partial charge in [-0.3, -0.25) is 4.79 Å². The number of amides is 1. The van der Waals surface area contributed by atoms with Gasteiger partial charge in [-0.25, -0.2) is 0 Å². The average molecular weight is 1480 g/mol. The van der Waals surface area contributed by atoms with Crippen molar-refractivity contribution in [3.63, 3.8) is 0 Å². The lowest BCUT2D eigenvalue weighted by atomic mass is 9.96. The molecule has 17 atom stereocenters. The highest BCUT2D eigenvalue weighted by molar-refractivity contribution is 5.76. The second kappa shape index (κ2) is 65.2. The van der Waals surface area contributed by atoms with Crippen LogP contribution in [-0.2, 0) is 33.2 Å². The van der Waals surface area contributed by atoms with E-state index in [0.29, 0.717) is 12.8 Å². The predicted molar refractivity (Wildman–Crippen MR) is 415 cm³/mol. The van der Waals surface area contributed by atoms with Gasteiger partial charge in [0.1, 0.15) is 73.2 Å². The standard InChI is InChI=1S/C85H155NO18/c1-3-5-7-9-11-13-15-17-19-21-23-25-27-29-31-32-33-34-35-37-38-40-42-44-46-48-50-52-54-56-58-60-62-69(90)68(86-73(91)63-61-59-57-55-53-51-49-47-45-43-41-39-36-30-28-26-24-22-20-18-16-14-12-10-8-6-4-2)67-99-83-79(97)76(94)81(71(65-88)101-83)104-85-80(98)77(95)82(72(66-89)102-85)103-84-78(96)75(93)74(92)70(64-87)100-84/h16,18,22,24,44,46,52,54,60,62,68-72,74-85,87-90,92-98H,3-15,17,19-21,23,25-43,45,47-51,53,55-59,61,63-67H2,1-2H3,(H,86,91)/b18-16-,24-22-,46-44+,54-52+,62-60+. The van der Waals surface area contributed by atoms with Crippen LogP contribution in [-0.4, -0.2) is 193 Å². The number of rotatable bonds is 68. The Balaban J connectivity index is 1.37. The van der Waals surface area contributed by atoms with Gasteiger partial charge < -0.3 is 89.9 Å². The van der Waals surface area contributed by atoms with Crippen molar-refractivity contribution in [1.82, 2.24) is 5.32 Å². The van der Waals surface area contributed by atoms with Crippen LogP contribution < -0.4 is 5.32 Å². The first-order chi connectivity index (χ1) is 50.8. The van der Waals surface area contributed by atoms with Crippen molar-refractivity contribution in [2.24, 2.45) is 0 Å². The third kappa shape index (κ3) is 44.4. The number of carbonyl (C=O) groups is 1. The zero-order valence-electron chi connectivity index (χ0n) is 65.3. The second-order valence-corrected chi connectivity index (χ2v) is 30.3. The van der Waals surface area contributed by atoms with Crippen molar-refractivity contribution in [2.45, 2.75) is 446 Å². The number of unbranched alkanes of at least 4 members (excludes halogenated alkanes) is 44. The summed E-state index contributed by atoms with van der Waals surface area (Å²) in [5.41, 5.74) is 0. The third-order valence-corrected chi connectivity index (χ3v) is 21.0. The van der Waals surface area contributed by atoms with E-state index >= 15 is 0 Å². The van der Waals surface area contributed by atoms with Crippen molar-refractivity contribution >= 4 is 5.91 Å². The number of hydrogen-bond donors (Lipinski definition) is 12. The summed E-state index contributed by atoms with van der Waals surface area (Å²) in [6, 6.07) is -1.00. The van der Waals surface area contributed by atoms with Gasteiger partial charge in [0.25, 0.3) is 0 Å². The Morgan fingerprint density at radius 3 is 1.02 bits per heavy atom. The average Bonchev–Trinajstić information content (AvgIpc) is 0.783. The summed E-state index contributed by atoms with van der Waals surface area (Å²) in [4.78, 5) is 13.5. The molecule has 104 heavy (non-hydrogen) atoms. The van der Waals surface area contributed by atoms with Crippen LogP contribution in [0.2, 0.25) is 0 Å². The minimum absolute atomic E-state index is 0.231. The molecule has 3 aliphatic heterocycles. The molecular formula is C85H155NO18. The molecule has 3 fully saturated rings. The number of aliphatic hydroxyl groups excluding tert-OH is 11. The molecule has 0 radical (unpaired) electrons. The molecule has 12 N–H and O–H groups in total. The summed E-state index contributed by atoms with van der Waals surface area (Å²) in [7, 11) is 0. The molecule has 0 aromatic rings. The van der Waals surface area contributed by atoms with Gasteiger partial charge >= 0.3 is 0 Å². The van der Waals surface area contributed by atoms with Gasteiger partial charge in [0, 0.05) is 6.42 Å². The number of ether oxygens (including phenoxy) is 6. The molecule has 0 aliphatic carbocycles. The normalized spacial score (nSPS) is 26.2. The third-order valence-electron chi connectivity index (χ3n) is 21.0. The Labute approximate surface area is 630 Å². The summed E-state index contributed by atoms with van der Waals surface area (Å²) in [6.07, 6.45) is 57.9. The van der Waals surface area contributed by atoms with E-state index in [1.807, 2.05) is 6.08 Å². The minimum atomic E-state index is -1.99. The number of aliphatic hydroxyl groups is 11. The molecule has 1 amide bonds. The van der Waals surface area contributed by atoms with Gasteiger partial charge in [0.15, 0.2) is 18.9 Å². The molecule has 0 spiro atoms. The van der Waals surface area contributed by atoms with Gasteiger partial charge in [-0.1, -0.05) is 319 Å². The van der Waals surface area contributed by atoms with Crippen molar-refractivity contribution in [2.75, 3.05) is 26.4 Å². The van der Waals surface area contributed by atoms with Crippen LogP contribution in [0.5, 0.6) is 0 Å². The SMILES string of the molecule is CCCCCCC/C=C\C/C=C\CCCCCCCCCCCCCCCCCC(=O)NC(COC1OC(CO)C(OC2OC(CO)C(OC3OC(CO)C(O)C(O)C3O)C(O)C2O)C(O)C1O)C(O)/C=C/CC/C=C/CC/C=C/CCCCCCCCCCCCCCCCCCCCCCCC. The van der Waals surface area contributed by atoms with Gasteiger partial charge in [0.05, 0.1) is 38.6 Å². The largest absolute Gasteiger partial charge is 0.394 e. The monoisotopic (exact) mass is 1480 g/mol. The molecule has 19 heteroatoms. The van der Waals surface area contributed by atoms with Crippen LogP contribution in [0, 0.1) is 0 Å². The highest BCUT2D eigenvalue weighted by atomic mass is 16.8. The number of hydrogen-bond acceptors (Lipinski definition) is 18. The van der Waals surface area contributed by atoms with E-state index in [1.165, 1.54) is 257 Å². The fourth-order valence-corrected chi connectivity index (χ4v) is 14.2. The van der Waals surface area contributed by atoms with Crippen LogP contribution in [0.15, 0.2) is 60.8 Å². The first-order valence-electron chi connectivity index (χ1n) is 42.5. The Morgan fingerprint density at radius 2 is 0.644 bits per heavy atom. The first kappa shape index (κ1) is 95.7. The lowest BCUT2D eigenvalue weighted by Gasteiger charge is -2.48. The molecule has 608 valence electrons. The highest BCUT2D eigenvalue weighted by Crippen LogP contribution is 2.33. The maximum atomic E-state index is 13.5. The second-order valence-electron chi connectivity index (χ2n) is 30.3. The van der Waals surface area contributed by atoms with Crippen LogP contribution in [0.1, 0.15) is 341 Å². The Kier molecular flexibility index (Phi) is 60.0. The lowest BCUT2D eigenvalue weighted by Crippen LogP contribution is -2.66. The van der Waals surface area contributed by atoms with E-state index < -0.39 is 124 Å². The summed E-state index contributed by atoms with van der Waals surface area (Å²) < 4.78 is 34.5. The molecular weight excluding hydrogens is 1320 g/mol. The molecule has 3 heterocycles. The van der Waals surface area contributed by atoms with E-state index in [0.717, 1.165) is 51.4 Å². The van der Waals surface area contributed by atoms with Gasteiger partial charge in [-0.05, 0) is 77.0 Å². The first-order valence-corrected chi connectivity index (χ1v) is 42.5. The Morgan fingerprint density at radius 1 is 0.346 bits per heavy atom. The quantitative estimate of drug-likeness (QED) is 0.0199. The van der Waals surface area contributed by atoms with Gasteiger partial charge in [0.2, 0.25) is 5.91 Å². The zero-order chi connectivity index (χ0) is 75.3. The lowest BCUT2D eigenvalue weighted by molar-refractivity contribution is -0.379. The van der Waals surface area contributed by atoms with Crippen molar-refractivity contribution in [3.05, 3.63) is 60.8 Å². The fourth-order valence-electron chi connectivity index (χ4n) is 14.2. The van der Waals surface area contributed by atoms with Crippen LogP contribution in [0.3, 0.4) is 0 Å². The Hall–Kier alpha value is -2.51. The fraction of sp³-hybridized carbons (Fsp3) is 0.871. The molecule has 17 unspecified atom stereocenters. The van der Waals surface area contributed by atoms with Crippen LogP contribution in [0.25, 0.3) is 0 Å². The smallest absolute Gasteiger partial charge is 0.220 e. The number of carbonyl (C=O) groups excluding carboxylic acids is 1. The Bertz CT molecular complexity index is 2110. The molecule has 0 aromatic heterocycles. The molecule has 19 nitrogen and oxygen atoms in total. The summed E-state index contributed by atoms with van der Waals surface area (Å²) in [5.74, 6) is -0.286.